The van der Waals surface area contributed by atoms with E-state index in [1.807, 2.05) is 24.3 Å². The summed E-state index contributed by atoms with van der Waals surface area (Å²) < 4.78 is 30.4. The lowest BCUT2D eigenvalue weighted by Gasteiger charge is -2.17. The number of hydrogen-bond acceptors (Lipinski definition) is 4. The van der Waals surface area contributed by atoms with Gasteiger partial charge in [0.05, 0.1) is 12.9 Å². The lowest BCUT2D eigenvalue weighted by atomic mass is 10.2. The molecule has 0 aliphatic carbocycles. The van der Waals surface area contributed by atoms with Gasteiger partial charge in [0.2, 0.25) is 10.0 Å². The van der Waals surface area contributed by atoms with Gasteiger partial charge in [0, 0.05) is 13.6 Å². The van der Waals surface area contributed by atoms with Crippen LogP contribution in [0.2, 0.25) is 0 Å². The molecule has 0 aliphatic heterocycles. The number of methoxy groups -OCH3 is 1. The summed E-state index contributed by atoms with van der Waals surface area (Å²) in [7, 11) is -0.000427. The van der Waals surface area contributed by atoms with Crippen molar-refractivity contribution in [1.29, 1.82) is 0 Å². The van der Waals surface area contributed by atoms with Crippen LogP contribution in [0.3, 0.4) is 0 Å². The van der Waals surface area contributed by atoms with Crippen molar-refractivity contribution < 1.29 is 13.2 Å². The van der Waals surface area contributed by atoms with Crippen molar-refractivity contribution in [1.82, 2.24) is 4.31 Å². The minimum absolute atomic E-state index is 0.150. The molecule has 5 nitrogen and oxygen atoms in total. The fourth-order valence-corrected chi connectivity index (χ4v) is 2.90. The number of sulfonamides is 1. The Labute approximate surface area is 115 Å². The molecule has 0 unspecified atom stereocenters. The highest BCUT2D eigenvalue weighted by molar-refractivity contribution is 7.89. The van der Waals surface area contributed by atoms with Crippen molar-refractivity contribution in [3.8, 4) is 5.75 Å². The lowest BCUT2D eigenvalue weighted by Crippen LogP contribution is -2.29. The van der Waals surface area contributed by atoms with Crippen molar-refractivity contribution in [2.75, 3.05) is 26.5 Å². The van der Waals surface area contributed by atoms with Crippen LogP contribution in [0.1, 0.15) is 18.4 Å². The summed E-state index contributed by atoms with van der Waals surface area (Å²) in [5.41, 5.74) is 6.30. The highest BCUT2D eigenvalue weighted by Crippen LogP contribution is 2.14. The summed E-state index contributed by atoms with van der Waals surface area (Å²) >= 11 is 0. The average Bonchev–Trinajstić information content (AvgIpc) is 2.39. The standard InChI is InChI=1S/C13H22N2O3S/c1-15(19(16,17)10-4-3-9-14)11-12-5-7-13(18-2)8-6-12/h5-8H,3-4,9-11,14H2,1-2H3. The van der Waals surface area contributed by atoms with Crippen LogP contribution in [0.15, 0.2) is 24.3 Å². The van der Waals surface area contributed by atoms with E-state index >= 15 is 0 Å². The molecule has 0 atom stereocenters. The normalized spacial score (nSPS) is 11.8. The SMILES string of the molecule is COc1ccc(CN(C)S(=O)(=O)CCCCN)cc1. The molecular formula is C13H22N2O3S. The van der Waals surface area contributed by atoms with Crippen LogP contribution in [0.5, 0.6) is 5.75 Å². The third-order valence-electron chi connectivity index (χ3n) is 2.90. The first kappa shape index (κ1) is 15.9. The Hall–Kier alpha value is -1.11. The van der Waals surface area contributed by atoms with E-state index in [2.05, 4.69) is 0 Å². The second-order valence-electron chi connectivity index (χ2n) is 4.42. The fourth-order valence-electron chi connectivity index (χ4n) is 1.67. The number of unbranched alkanes of at least 4 members (excludes halogenated alkanes) is 1. The summed E-state index contributed by atoms with van der Waals surface area (Å²) in [5.74, 6) is 0.911. The Morgan fingerprint density at radius 2 is 1.84 bits per heavy atom. The van der Waals surface area contributed by atoms with E-state index in [0.29, 0.717) is 19.5 Å². The molecule has 0 bridgehead atoms. The molecule has 0 amide bonds. The predicted molar refractivity (Wildman–Crippen MR) is 76.5 cm³/mol. The maximum absolute atomic E-state index is 12.0. The zero-order chi connectivity index (χ0) is 14.3. The monoisotopic (exact) mass is 286 g/mol. The Kier molecular flexibility index (Phi) is 6.27. The van der Waals surface area contributed by atoms with Crippen molar-refractivity contribution >= 4 is 10.0 Å². The molecule has 0 saturated carbocycles. The molecular weight excluding hydrogens is 264 g/mol. The first-order chi connectivity index (χ1) is 8.99. The van der Waals surface area contributed by atoms with Crippen LogP contribution in [-0.2, 0) is 16.6 Å². The van der Waals surface area contributed by atoms with Crippen LogP contribution in [0.4, 0.5) is 0 Å². The summed E-state index contributed by atoms with van der Waals surface area (Å²) in [4.78, 5) is 0. The molecule has 19 heavy (non-hydrogen) atoms. The van der Waals surface area contributed by atoms with Crippen molar-refractivity contribution in [3.05, 3.63) is 29.8 Å². The first-order valence-electron chi connectivity index (χ1n) is 6.26. The summed E-state index contributed by atoms with van der Waals surface area (Å²) in [6.45, 7) is 0.896. The molecule has 1 aromatic rings. The van der Waals surface area contributed by atoms with E-state index in [9.17, 15) is 8.42 Å². The first-order valence-corrected chi connectivity index (χ1v) is 7.87. The van der Waals surface area contributed by atoms with Crippen LogP contribution in [0, 0.1) is 0 Å². The van der Waals surface area contributed by atoms with Gasteiger partial charge in [0.15, 0.2) is 0 Å². The topological polar surface area (TPSA) is 72.6 Å². The quantitative estimate of drug-likeness (QED) is 0.729. The molecule has 0 aromatic heterocycles. The molecule has 0 fully saturated rings. The Balaban J connectivity index is 2.59. The van der Waals surface area contributed by atoms with Crippen molar-refractivity contribution in [2.24, 2.45) is 5.73 Å². The predicted octanol–water partition coefficient (Wildman–Crippen LogP) is 1.20. The third kappa shape index (κ3) is 5.18. The molecule has 0 aliphatic rings. The zero-order valence-corrected chi connectivity index (χ0v) is 12.3. The third-order valence-corrected chi connectivity index (χ3v) is 4.78. The highest BCUT2D eigenvalue weighted by Gasteiger charge is 2.17. The van der Waals surface area contributed by atoms with Crippen LogP contribution in [0.25, 0.3) is 0 Å². The zero-order valence-electron chi connectivity index (χ0n) is 11.5. The molecule has 6 heteroatoms. The summed E-state index contributed by atoms with van der Waals surface area (Å²) in [6, 6.07) is 7.38. The molecule has 1 aromatic carbocycles. The van der Waals surface area contributed by atoms with Gasteiger partial charge in [-0.15, -0.1) is 0 Å². The lowest BCUT2D eigenvalue weighted by molar-refractivity contribution is 0.414. The Morgan fingerprint density at radius 3 is 2.37 bits per heavy atom. The molecule has 0 radical (unpaired) electrons. The molecule has 2 N–H and O–H groups in total. The number of benzene rings is 1. The number of rotatable bonds is 8. The molecule has 108 valence electrons. The average molecular weight is 286 g/mol. The Morgan fingerprint density at radius 1 is 1.21 bits per heavy atom. The van der Waals surface area contributed by atoms with E-state index in [0.717, 1.165) is 17.7 Å². The minimum atomic E-state index is -3.20. The molecule has 0 heterocycles. The van der Waals surface area contributed by atoms with E-state index in [4.69, 9.17) is 10.5 Å². The maximum atomic E-state index is 12.0. The van der Waals surface area contributed by atoms with Gasteiger partial charge in [-0.25, -0.2) is 12.7 Å². The van der Waals surface area contributed by atoms with E-state index in [1.165, 1.54) is 4.31 Å². The van der Waals surface area contributed by atoms with Crippen molar-refractivity contribution in [2.45, 2.75) is 19.4 Å². The largest absolute Gasteiger partial charge is 0.497 e. The van der Waals surface area contributed by atoms with Crippen molar-refractivity contribution in [3.63, 3.8) is 0 Å². The van der Waals surface area contributed by atoms with E-state index in [1.54, 1.807) is 14.2 Å². The molecule has 1 rings (SSSR count). The van der Waals surface area contributed by atoms with Gasteiger partial charge < -0.3 is 10.5 Å². The van der Waals surface area contributed by atoms with Gasteiger partial charge in [0.25, 0.3) is 0 Å². The van der Waals surface area contributed by atoms with E-state index < -0.39 is 10.0 Å². The van der Waals surface area contributed by atoms with Gasteiger partial charge in [-0.05, 0) is 37.1 Å². The van der Waals surface area contributed by atoms with Crippen LogP contribution in [-0.4, -0.2) is 39.2 Å². The number of ether oxygens (including phenoxy) is 1. The Bertz CT molecular complexity index is 471. The maximum Gasteiger partial charge on any atom is 0.214 e. The van der Waals surface area contributed by atoms with Gasteiger partial charge >= 0.3 is 0 Å². The van der Waals surface area contributed by atoms with Gasteiger partial charge in [0.1, 0.15) is 5.75 Å². The fraction of sp³-hybridized carbons (Fsp3) is 0.538. The van der Waals surface area contributed by atoms with Gasteiger partial charge in [-0.3, -0.25) is 0 Å². The molecule has 0 spiro atoms. The van der Waals surface area contributed by atoms with E-state index in [-0.39, 0.29) is 5.75 Å². The second kappa shape index (κ2) is 7.47. The number of nitrogens with zero attached hydrogens (tertiary/aromatic N) is 1. The van der Waals surface area contributed by atoms with Crippen LogP contribution >= 0.6 is 0 Å². The number of hydrogen-bond donors (Lipinski definition) is 1. The summed E-state index contributed by atoms with van der Waals surface area (Å²) in [6.07, 6.45) is 1.33. The van der Waals surface area contributed by atoms with Gasteiger partial charge in [-0.1, -0.05) is 12.1 Å². The van der Waals surface area contributed by atoms with Crippen LogP contribution < -0.4 is 10.5 Å². The smallest absolute Gasteiger partial charge is 0.214 e. The molecule has 0 saturated heterocycles. The van der Waals surface area contributed by atoms with Gasteiger partial charge in [-0.2, -0.15) is 0 Å². The summed E-state index contributed by atoms with van der Waals surface area (Å²) in [5, 5.41) is 0. The highest BCUT2D eigenvalue weighted by atomic mass is 32.2. The minimum Gasteiger partial charge on any atom is -0.497 e. The second-order valence-corrected chi connectivity index (χ2v) is 6.61. The number of nitrogens with two attached hydrogens (primary N) is 1.